The number of nitrogens with zero attached hydrogens (tertiary/aromatic N) is 3. The Hall–Kier alpha value is -1.43. The van der Waals surface area contributed by atoms with Crippen LogP contribution in [0.3, 0.4) is 0 Å². The molecule has 0 spiro atoms. The third-order valence-corrected chi connectivity index (χ3v) is 3.55. The maximum Gasteiger partial charge on any atom is 0.329 e. The van der Waals surface area contributed by atoms with E-state index in [0.29, 0.717) is 5.82 Å². The molecule has 1 fully saturated rings. The molecule has 1 aliphatic rings. The first kappa shape index (κ1) is 12.0. The summed E-state index contributed by atoms with van der Waals surface area (Å²) in [6, 6.07) is 0. The molecule has 92 valence electrons. The van der Waals surface area contributed by atoms with Gasteiger partial charge in [-0.05, 0) is 12.8 Å². The lowest BCUT2D eigenvalue weighted by atomic mass is 9.88. The standard InChI is InChI=1S/C10H13ClN4O2/c11-7-4-2-1-3-6(7)10-13-5-8(15(16)17)9(12)14-10/h5-7H,1-4H2,(H2,12,13,14). The van der Waals surface area contributed by atoms with Crippen molar-refractivity contribution in [1.82, 2.24) is 9.97 Å². The van der Waals surface area contributed by atoms with Crippen molar-refractivity contribution >= 4 is 23.1 Å². The van der Waals surface area contributed by atoms with Crippen molar-refractivity contribution in [3.05, 3.63) is 22.1 Å². The zero-order chi connectivity index (χ0) is 12.4. The third kappa shape index (κ3) is 2.46. The molecule has 0 aliphatic heterocycles. The number of nitrogen functional groups attached to an aromatic ring is 1. The quantitative estimate of drug-likeness (QED) is 0.497. The lowest BCUT2D eigenvalue weighted by Crippen LogP contribution is -2.20. The first-order valence-electron chi connectivity index (χ1n) is 5.50. The summed E-state index contributed by atoms with van der Waals surface area (Å²) in [6.45, 7) is 0. The van der Waals surface area contributed by atoms with E-state index in [1.165, 1.54) is 0 Å². The van der Waals surface area contributed by atoms with Crippen LogP contribution >= 0.6 is 11.6 Å². The first-order chi connectivity index (χ1) is 8.09. The van der Waals surface area contributed by atoms with Crippen LogP contribution in [-0.2, 0) is 0 Å². The summed E-state index contributed by atoms with van der Waals surface area (Å²) in [5.41, 5.74) is 5.28. The number of rotatable bonds is 2. The summed E-state index contributed by atoms with van der Waals surface area (Å²) in [7, 11) is 0. The van der Waals surface area contributed by atoms with Gasteiger partial charge >= 0.3 is 5.69 Å². The van der Waals surface area contributed by atoms with Gasteiger partial charge in [0.1, 0.15) is 12.0 Å². The van der Waals surface area contributed by atoms with Crippen LogP contribution < -0.4 is 5.73 Å². The number of halogens is 1. The number of anilines is 1. The molecular weight excluding hydrogens is 244 g/mol. The minimum absolute atomic E-state index is 0.00962. The fourth-order valence-electron chi connectivity index (χ4n) is 2.10. The Balaban J connectivity index is 2.27. The summed E-state index contributed by atoms with van der Waals surface area (Å²) in [4.78, 5) is 18.0. The van der Waals surface area contributed by atoms with E-state index in [1.807, 2.05) is 0 Å². The van der Waals surface area contributed by atoms with Crippen LogP contribution in [0, 0.1) is 10.1 Å². The number of aromatic nitrogens is 2. The molecule has 7 heteroatoms. The Morgan fingerprint density at radius 3 is 2.76 bits per heavy atom. The molecule has 2 rings (SSSR count). The highest BCUT2D eigenvalue weighted by Gasteiger charge is 2.28. The normalized spacial score (nSPS) is 24.5. The predicted octanol–water partition coefficient (Wildman–Crippen LogP) is 2.23. The van der Waals surface area contributed by atoms with Gasteiger partial charge in [0.25, 0.3) is 0 Å². The lowest BCUT2D eigenvalue weighted by molar-refractivity contribution is -0.384. The minimum Gasteiger partial charge on any atom is -0.378 e. The molecule has 0 saturated heterocycles. The molecular formula is C10H13ClN4O2. The average Bonchev–Trinajstić information content (AvgIpc) is 2.29. The van der Waals surface area contributed by atoms with Gasteiger partial charge < -0.3 is 5.73 Å². The first-order valence-corrected chi connectivity index (χ1v) is 5.94. The molecule has 0 aromatic carbocycles. The van der Waals surface area contributed by atoms with Crippen molar-refractivity contribution in [2.45, 2.75) is 37.0 Å². The van der Waals surface area contributed by atoms with Gasteiger partial charge in [-0.15, -0.1) is 11.6 Å². The molecule has 1 heterocycles. The van der Waals surface area contributed by atoms with E-state index in [-0.39, 0.29) is 22.8 Å². The van der Waals surface area contributed by atoms with Gasteiger partial charge in [0.15, 0.2) is 0 Å². The summed E-state index contributed by atoms with van der Waals surface area (Å²) in [5, 5.41) is 10.6. The highest BCUT2D eigenvalue weighted by atomic mass is 35.5. The Kier molecular flexibility index (Phi) is 3.42. The Bertz CT molecular complexity index is 440. The van der Waals surface area contributed by atoms with Crippen LogP contribution in [-0.4, -0.2) is 20.3 Å². The van der Waals surface area contributed by atoms with Gasteiger partial charge in [0.05, 0.1) is 4.92 Å². The second-order valence-electron chi connectivity index (χ2n) is 4.16. The molecule has 17 heavy (non-hydrogen) atoms. The van der Waals surface area contributed by atoms with Crippen LogP contribution in [0.4, 0.5) is 11.5 Å². The lowest BCUT2D eigenvalue weighted by Gasteiger charge is -2.25. The Morgan fingerprint density at radius 2 is 2.18 bits per heavy atom. The molecule has 0 bridgehead atoms. The van der Waals surface area contributed by atoms with E-state index >= 15 is 0 Å². The largest absolute Gasteiger partial charge is 0.378 e. The second-order valence-corrected chi connectivity index (χ2v) is 4.72. The number of hydrogen-bond donors (Lipinski definition) is 1. The van der Waals surface area contributed by atoms with E-state index in [9.17, 15) is 10.1 Å². The van der Waals surface area contributed by atoms with Crippen LogP contribution in [0.2, 0.25) is 0 Å². The van der Waals surface area contributed by atoms with Crippen molar-refractivity contribution in [1.29, 1.82) is 0 Å². The van der Waals surface area contributed by atoms with Gasteiger partial charge in [-0.25, -0.2) is 9.97 Å². The maximum atomic E-state index is 10.6. The van der Waals surface area contributed by atoms with Gasteiger partial charge in [0.2, 0.25) is 5.82 Å². The Labute approximate surface area is 103 Å². The van der Waals surface area contributed by atoms with Gasteiger partial charge in [-0.3, -0.25) is 10.1 Å². The highest BCUT2D eigenvalue weighted by molar-refractivity contribution is 6.21. The van der Waals surface area contributed by atoms with Crippen LogP contribution in [0.15, 0.2) is 6.20 Å². The molecule has 1 aromatic rings. The van der Waals surface area contributed by atoms with Crippen LogP contribution in [0.5, 0.6) is 0 Å². The van der Waals surface area contributed by atoms with Gasteiger partial charge in [0, 0.05) is 11.3 Å². The number of hydrogen-bond acceptors (Lipinski definition) is 5. The van der Waals surface area contributed by atoms with Gasteiger partial charge in [-0.1, -0.05) is 12.8 Å². The number of nitrogens with two attached hydrogens (primary N) is 1. The highest BCUT2D eigenvalue weighted by Crippen LogP contribution is 2.35. The average molecular weight is 257 g/mol. The zero-order valence-electron chi connectivity index (χ0n) is 9.17. The molecule has 0 amide bonds. The third-order valence-electron chi connectivity index (χ3n) is 3.03. The summed E-state index contributed by atoms with van der Waals surface area (Å²) in [6.07, 6.45) is 5.18. The molecule has 6 nitrogen and oxygen atoms in total. The van der Waals surface area contributed by atoms with Crippen molar-refractivity contribution in [3.8, 4) is 0 Å². The smallest absolute Gasteiger partial charge is 0.329 e. The zero-order valence-corrected chi connectivity index (χ0v) is 9.93. The predicted molar refractivity (Wildman–Crippen MR) is 63.9 cm³/mol. The molecule has 2 N–H and O–H groups in total. The van der Waals surface area contributed by atoms with Crippen molar-refractivity contribution < 1.29 is 4.92 Å². The number of alkyl halides is 1. The van der Waals surface area contributed by atoms with Crippen molar-refractivity contribution in [3.63, 3.8) is 0 Å². The summed E-state index contributed by atoms with van der Waals surface area (Å²) >= 11 is 6.22. The fourth-order valence-corrected chi connectivity index (χ4v) is 2.49. The van der Waals surface area contributed by atoms with E-state index in [4.69, 9.17) is 17.3 Å². The van der Waals surface area contributed by atoms with Crippen LogP contribution in [0.25, 0.3) is 0 Å². The minimum atomic E-state index is -0.585. The molecule has 1 aromatic heterocycles. The molecule has 0 radical (unpaired) electrons. The van der Waals surface area contributed by atoms with Gasteiger partial charge in [-0.2, -0.15) is 0 Å². The maximum absolute atomic E-state index is 10.6. The van der Waals surface area contributed by atoms with Crippen molar-refractivity contribution in [2.24, 2.45) is 0 Å². The molecule has 2 unspecified atom stereocenters. The molecule has 1 aliphatic carbocycles. The Morgan fingerprint density at radius 1 is 1.47 bits per heavy atom. The van der Waals surface area contributed by atoms with Crippen molar-refractivity contribution in [2.75, 3.05) is 5.73 Å². The second kappa shape index (κ2) is 4.83. The van der Waals surface area contributed by atoms with Crippen LogP contribution in [0.1, 0.15) is 37.4 Å². The SMILES string of the molecule is Nc1nc(C2CCCCC2Cl)ncc1[N+](=O)[O-]. The van der Waals surface area contributed by atoms with E-state index < -0.39 is 4.92 Å². The molecule has 1 saturated carbocycles. The monoisotopic (exact) mass is 256 g/mol. The number of nitro groups is 1. The fraction of sp³-hybridized carbons (Fsp3) is 0.600. The topological polar surface area (TPSA) is 94.9 Å². The van der Waals surface area contributed by atoms with E-state index in [1.54, 1.807) is 0 Å². The summed E-state index contributed by atoms with van der Waals surface area (Å²) < 4.78 is 0. The molecule has 2 atom stereocenters. The summed E-state index contributed by atoms with van der Waals surface area (Å²) in [5.74, 6) is 0.482. The van der Waals surface area contributed by atoms with E-state index in [2.05, 4.69) is 9.97 Å². The van der Waals surface area contributed by atoms with E-state index in [0.717, 1.165) is 31.9 Å².